The number of amides is 1. The molecular formula is C16H18N6O. The molecule has 1 aromatic carbocycles. The van der Waals surface area contributed by atoms with Gasteiger partial charge in [-0.05, 0) is 31.2 Å². The van der Waals surface area contributed by atoms with Gasteiger partial charge in [0.15, 0.2) is 5.65 Å². The normalized spacial score (nSPS) is 10.7. The summed E-state index contributed by atoms with van der Waals surface area (Å²) in [7, 11) is 1.78. The predicted octanol–water partition coefficient (Wildman–Crippen LogP) is 2.21. The quantitative estimate of drug-likeness (QED) is 0.799. The number of carbonyl (C=O) groups excluding carboxylic acids is 1. The van der Waals surface area contributed by atoms with Crippen molar-refractivity contribution in [2.75, 3.05) is 23.8 Å². The second-order valence-corrected chi connectivity index (χ2v) is 5.08. The minimum absolute atomic E-state index is 0.0179. The minimum Gasteiger partial charge on any atom is -0.356 e. The van der Waals surface area contributed by atoms with E-state index in [2.05, 4.69) is 20.6 Å². The molecule has 7 heteroatoms. The number of nitrogens with one attached hydrogen (secondary N) is 1. The van der Waals surface area contributed by atoms with Crippen molar-refractivity contribution in [2.45, 2.75) is 13.8 Å². The summed E-state index contributed by atoms with van der Waals surface area (Å²) >= 11 is 0. The van der Waals surface area contributed by atoms with Crippen LogP contribution in [0.25, 0.3) is 16.9 Å². The fourth-order valence-electron chi connectivity index (χ4n) is 2.52. The van der Waals surface area contributed by atoms with Gasteiger partial charge in [0.05, 0.1) is 5.69 Å². The third-order valence-electron chi connectivity index (χ3n) is 3.64. The van der Waals surface area contributed by atoms with Gasteiger partial charge in [0.25, 0.3) is 0 Å². The van der Waals surface area contributed by atoms with Gasteiger partial charge in [0, 0.05) is 31.8 Å². The van der Waals surface area contributed by atoms with E-state index >= 15 is 0 Å². The summed E-state index contributed by atoms with van der Waals surface area (Å²) < 4.78 is 1.66. The molecule has 0 radical (unpaired) electrons. The number of carbonyl (C=O) groups is 1. The summed E-state index contributed by atoms with van der Waals surface area (Å²) in [6.45, 7) is 4.15. The molecule has 0 aliphatic rings. The summed E-state index contributed by atoms with van der Waals surface area (Å²) in [6.07, 6.45) is 0. The van der Waals surface area contributed by atoms with E-state index in [9.17, 15) is 4.79 Å². The van der Waals surface area contributed by atoms with Crippen molar-refractivity contribution >= 4 is 23.2 Å². The molecule has 0 saturated carbocycles. The second-order valence-electron chi connectivity index (χ2n) is 5.08. The molecule has 118 valence electrons. The molecule has 0 aliphatic carbocycles. The molecule has 0 saturated heterocycles. The lowest BCUT2D eigenvalue weighted by Crippen LogP contribution is -2.27. The van der Waals surface area contributed by atoms with Gasteiger partial charge in [-0.1, -0.05) is 12.1 Å². The van der Waals surface area contributed by atoms with E-state index < -0.39 is 0 Å². The van der Waals surface area contributed by atoms with Crippen molar-refractivity contribution in [1.29, 1.82) is 0 Å². The highest BCUT2D eigenvalue weighted by atomic mass is 16.2. The minimum atomic E-state index is 0.0179. The lowest BCUT2D eigenvalue weighted by Gasteiger charge is -2.19. The summed E-state index contributed by atoms with van der Waals surface area (Å²) in [6, 6.07) is 11.5. The number of hydrogen-bond donors (Lipinski definition) is 1. The van der Waals surface area contributed by atoms with Gasteiger partial charge in [-0.15, -0.1) is 10.2 Å². The number of anilines is 2. The lowest BCUT2D eigenvalue weighted by atomic mass is 10.1. The smallest absolute Gasteiger partial charge is 0.245 e. The Morgan fingerprint density at radius 2 is 2.09 bits per heavy atom. The first-order chi connectivity index (χ1) is 11.1. The maximum Gasteiger partial charge on any atom is 0.245 e. The zero-order valence-electron chi connectivity index (χ0n) is 13.3. The Labute approximate surface area is 133 Å². The Morgan fingerprint density at radius 3 is 2.78 bits per heavy atom. The standard InChI is InChI=1S/C16H18N6O/c1-4-21(11(2)23)13-7-5-6-12(10-13)14-8-9-15-18-19-16(17-3)22(15)20-14/h5-10H,4H2,1-3H3,(H,17,19). The van der Waals surface area contributed by atoms with Crippen LogP contribution in [0.15, 0.2) is 36.4 Å². The Bertz CT molecular complexity index is 857. The van der Waals surface area contributed by atoms with Crippen LogP contribution in [-0.2, 0) is 4.79 Å². The van der Waals surface area contributed by atoms with Crippen molar-refractivity contribution in [1.82, 2.24) is 19.8 Å². The van der Waals surface area contributed by atoms with E-state index in [1.54, 1.807) is 23.4 Å². The molecule has 0 atom stereocenters. The first-order valence-corrected chi connectivity index (χ1v) is 7.42. The third kappa shape index (κ3) is 2.73. The third-order valence-corrected chi connectivity index (χ3v) is 3.64. The molecule has 7 nitrogen and oxygen atoms in total. The zero-order chi connectivity index (χ0) is 16.4. The topological polar surface area (TPSA) is 75.4 Å². The van der Waals surface area contributed by atoms with Crippen molar-refractivity contribution < 1.29 is 4.79 Å². The SMILES string of the molecule is CCN(C(C)=O)c1cccc(-c2ccc3nnc(NC)n3n2)c1. The number of nitrogens with zero attached hydrogens (tertiary/aromatic N) is 5. The van der Waals surface area contributed by atoms with Crippen molar-refractivity contribution in [2.24, 2.45) is 0 Å². The Hall–Kier alpha value is -2.96. The Morgan fingerprint density at radius 1 is 1.26 bits per heavy atom. The van der Waals surface area contributed by atoms with E-state index in [4.69, 9.17) is 0 Å². The van der Waals surface area contributed by atoms with Gasteiger partial charge in [-0.2, -0.15) is 9.61 Å². The number of rotatable bonds is 4. The van der Waals surface area contributed by atoms with Crippen LogP contribution in [0.3, 0.4) is 0 Å². The number of benzene rings is 1. The molecule has 1 N–H and O–H groups in total. The van der Waals surface area contributed by atoms with Crippen LogP contribution in [0.1, 0.15) is 13.8 Å². The molecule has 0 spiro atoms. The molecule has 0 aliphatic heterocycles. The highest BCUT2D eigenvalue weighted by molar-refractivity contribution is 5.92. The second kappa shape index (κ2) is 6.04. The zero-order valence-corrected chi connectivity index (χ0v) is 13.3. The van der Waals surface area contributed by atoms with Crippen LogP contribution in [0.5, 0.6) is 0 Å². The van der Waals surface area contributed by atoms with Crippen LogP contribution < -0.4 is 10.2 Å². The van der Waals surface area contributed by atoms with Crippen molar-refractivity contribution in [3.8, 4) is 11.3 Å². The molecule has 0 fully saturated rings. The maximum absolute atomic E-state index is 11.7. The number of fused-ring (bicyclic) bond motifs is 1. The number of hydrogen-bond acceptors (Lipinski definition) is 5. The van der Waals surface area contributed by atoms with Crippen LogP contribution in [0, 0.1) is 0 Å². The molecule has 3 rings (SSSR count). The van der Waals surface area contributed by atoms with E-state index in [1.165, 1.54) is 0 Å². The van der Waals surface area contributed by atoms with E-state index in [1.807, 2.05) is 43.3 Å². The molecule has 1 amide bonds. The van der Waals surface area contributed by atoms with Gasteiger partial charge in [-0.3, -0.25) is 4.79 Å². The Kier molecular flexibility index (Phi) is 3.92. The molecule has 0 bridgehead atoms. The van der Waals surface area contributed by atoms with Gasteiger partial charge in [-0.25, -0.2) is 0 Å². The molecule has 23 heavy (non-hydrogen) atoms. The summed E-state index contributed by atoms with van der Waals surface area (Å²) in [5.41, 5.74) is 3.25. The molecular weight excluding hydrogens is 292 g/mol. The summed E-state index contributed by atoms with van der Waals surface area (Å²) in [4.78, 5) is 13.5. The average molecular weight is 310 g/mol. The van der Waals surface area contributed by atoms with Gasteiger partial charge < -0.3 is 10.2 Å². The maximum atomic E-state index is 11.7. The van der Waals surface area contributed by atoms with Crippen molar-refractivity contribution in [3.63, 3.8) is 0 Å². The largest absolute Gasteiger partial charge is 0.356 e. The summed E-state index contributed by atoms with van der Waals surface area (Å²) in [5.74, 6) is 0.598. The summed E-state index contributed by atoms with van der Waals surface area (Å²) in [5, 5.41) is 15.6. The molecule has 3 aromatic rings. The highest BCUT2D eigenvalue weighted by Gasteiger charge is 2.11. The van der Waals surface area contributed by atoms with Crippen LogP contribution in [-0.4, -0.2) is 39.3 Å². The molecule has 0 unspecified atom stereocenters. The van der Waals surface area contributed by atoms with E-state index in [-0.39, 0.29) is 5.91 Å². The van der Waals surface area contributed by atoms with Crippen LogP contribution >= 0.6 is 0 Å². The fourth-order valence-corrected chi connectivity index (χ4v) is 2.52. The van der Waals surface area contributed by atoms with Gasteiger partial charge in [0.2, 0.25) is 11.9 Å². The molecule has 2 heterocycles. The van der Waals surface area contributed by atoms with E-state index in [0.29, 0.717) is 18.1 Å². The highest BCUT2D eigenvalue weighted by Crippen LogP contribution is 2.24. The van der Waals surface area contributed by atoms with Gasteiger partial charge >= 0.3 is 0 Å². The van der Waals surface area contributed by atoms with Gasteiger partial charge in [0.1, 0.15) is 0 Å². The molecule has 2 aromatic heterocycles. The van der Waals surface area contributed by atoms with Crippen molar-refractivity contribution in [3.05, 3.63) is 36.4 Å². The monoisotopic (exact) mass is 310 g/mol. The van der Waals surface area contributed by atoms with Crippen LogP contribution in [0.2, 0.25) is 0 Å². The average Bonchev–Trinajstić information content (AvgIpc) is 2.97. The lowest BCUT2D eigenvalue weighted by molar-refractivity contribution is -0.116. The first-order valence-electron chi connectivity index (χ1n) is 7.42. The van der Waals surface area contributed by atoms with Crippen LogP contribution in [0.4, 0.5) is 11.6 Å². The fraction of sp³-hybridized carbons (Fsp3) is 0.250. The predicted molar refractivity (Wildman–Crippen MR) is 89.5 cm³/mol. The number of aromatic nitrogens is 4. The first kappa shape index (κ1) is 15.0. The Balaban J connectivity index is 2.06. The van der Waals surface area contributed by atoms with E-state index in [0.717, 1.165) is 16.9 Å².